The maximum Gasteiger partial charge on any atom is 0.350 e. The van der Waals surface area contributed by atoms with E-state index in [9.17, 15) is 24.5 Å². The number of hydrogen-bond donors (Lipinski definition) is 2. The fourth-order valence-corrected chi connectivity index (χ4v) is 1.32. The van der Waals surface area contributed by atoms with Crippen LogP contribution in [-0.2, 0) is 18.4 Å². The number of carbonyl (C=O) groups excluding carboxylic acids is 1. The quantitative estimate of drug-likeness (QED) is 0.272. The van der Waals surface area contributed by atoms with Crippen molar-refractivity contribution in [3.05, 3.63) is 37.1 Å². The molecule has 1 rings (SSSR count). The number of nitrogens with zero attached hydrogens (tertiary/aromatic N) is 3. The highest BCUT2D eigenvalue weighted by atomic mass is 16.6. The summed E-state index contributed by atoms with van der Waals surface area (Å²) in [6, 6.07) is 0. The van der Waals surface area contributed by atoms with Crippen LogP contribution >= 0.6 is 0 Å². The van der Waals surface area contributed by atoms with E-state index in [0.29, 0.717) is 4.57 Å². The van der Waals surface area contributed by atoms with Crippen LogP contribution in [0.4, 0.5) is 5.69 Å². The van der Waals surface area contributed by atoms with Gasteiger partial charge in [-0.05, 0) is 0 Å². The zero-order chi connectivity index (χ0) is 13.9. The number of nitro groups is 1. The molecule has 0 aliphatic heterocycles. The Balaban J connectivity index is 3.26. The molecule has 0 bridgehead atoms. The Morgan fingerprint density at radius 1 is 1.56 bits per heavy atom. The summed E-state index contributed by atoms with van der Waals surface area (Å²) >= 11 is 0. The van der Waals surface area contributed by atoms with Gasteiger partial charge < -0.3 is 0 Å². The van der Waals surface area contributed by atoms with Gasteiger partial charge in [-0.1, -0.05) is 0 Å². The van der Waals surface area contributed by atoms with Crippen LogP contribution in [0.3, 0.4) is 0 Å². The first-order valence-corrected chi connectivity index (χ1v) is 4.82. The Morgan fingerprint density at radius 3 is 2.67 bits per heavy atom. The SMILES string of the molecule is Cn1cc([N+](=O)[O-])c(=O)n(CCC(=O)NN)c1=O. The first kappa shape index (κ1) is 13.6. The maximum atomic E-state index is 11.6. The fraction of sp³-hybridized carbons (Fsp3) is 0.375. The number of aryl methyl sites for hydroxylation is 1. The van der Waals surface area contributed by atoms with Crippen molar-refractivity contribution in [2.75, 3.05) is 0 Å². The third kappa shape index (κ3) is 2.60. The van der Waals surface area contributed by atoms with Crippen LogP contribution in [0.15, 0.2) is 15.8 Å². The molecule has 1 amide bonds. The van der Waals surface area contributed by atoms with Gasteiger partial charge in [-0.2, -0.15) is 0 Å². The largest absolute Gasteiger partial charge is 0.350 e. The van der Waals surface area contributed by atoms with Gasteiger partial charge in [0.1, 0.15) is 0 Å². The van der Waals surface area contributed by atoms with E-state index in [1.54, 1.807) is 0 Å². The molecular weight excluding hydrogens is 246 g/mol. The summed E-state index contributed by atoms with van der Waals surface area (Å²) in [5.41, 5.74) is -0.691. The molecule has 1 heterocycles. The van der Waals surface area contributed by atoms with Crippen LogP contribution in [0, 0.1) is 10.1 Å². The number of aromatic nitrogens is 2. The topological polar surface area (TPSA) is 142 Å². The van der Waals surface area contributed by atoms with Gasteiger partial charge in [0.15, 0.2) is 0 Å². The van der Waals surface area contributed by atoms with E-state index in [0.717, 1.165) is 10.8 Å². The van der Waals surface area contributed by atoms with Crippen molar-refractivity contribution < 1.29 is 9.72 Å². The van der Waals surface area contributed by atoms with Crippen molar-refractivity contribution in [2.45, 2.75) is 13.0 Å². The number of hydrogen-bond acceptors (Lipinski definition) is 6. The average Bonchev–Trinajstić information content (AvgIpc) is 2.32. The van der Waals surface area contributed by atoms with Crippen LogP contribution in [-0.4, -0.2) is 20.0 Å². The number of hydrazine groups is 1. The average molecular weight is 257 g/mol. The number of amides is 1. The smallest absolute Gasteiger partial charge is 0.297 e. The third-order valence-corrected chi connectivity index (χ3v) is 2.23. The second-order valence-corrected chi connectivity index (χ2v) is 3.44. The standard InChI is InChI=1S/C8H11N5O5/c1-11-4-5(13(17)18)7(15)12(8(11)16)3-2-6(14)10-9/h4H,2-3,9H2,1H3,(H,10,14). The molecule has 3 N–H and O–H groups in total. The molecule has 98 valence electrons. The highest BCUT2D eigenvalue weighted by molar-refractivity contribution is 5.75. The van der Waals surface area contributed by atoms with Crippen LogP contribution in [0.25, 0.3) is 0 Å². The number of rotatable bonds is 4. The van der Waals surface area contributed by atoms with Crippen molar-refractivity contribution >= 4 is 11.6 Å². The van der Waals surface area contributed by atoms with Gasteiger partial charge in [-0.15, -0.1) is 0 Å². The lowest BCUT2D eigenvalue weighted by molar-refractivity contribution is -0.387. The predicted octanol–water partition coefficient (Wildman–Crippen LogP) is -2.16. The summed E-state index contributed by atoms with van der Waals surface area (Å²) in [6.45, 7) is -0.282. The lowest BCUT2D eigenvalue weighted by atomic mass is 10.4. The van der Waals surface area contributed by atoms with Gasteiger partial charge in [0.25, 0.3) is 0 Å². The Kier molecular flexibility index (Phi) is 3.94. The first-order valence-electron chi connectivity index (χ1n) is 4.82. The number of nitrogens with two attached hydrogens (primary N) is 1. The first-order chi connectivity index (χ1) is 8.38. The predicted molar refractivity (Wildman–Crippen MR) is 59.5 cm³/mol. The van der Waals surface area contributed by atoms with E-state index in [4.69, 9.17) is 5.84 Å². The molecule has 10 nitrogen and oxygen atoms in total. The van der Waals surface area contributed by atoms with E-state index < -0.39 is 27.8 Å². The Labute approximate surface area is 99.7 Å². The second-order valence-electron chi connectivity index (χ2n) is 3.44. The lowest BCUT2D eigenvalue weighted by Crippen LogP contribution is -2.41. The molecule has 0 spiro atoms. The normalized spacial score (nSPS) is 10.1. The molecule has 1 aromatic rings. The van der Waals surface area contributed by atoms with Crippen molar-refractivity contribution in [1.29, 1.82) is 0 Å². The number of carbonyl (C=O) groups is 1. The minimum atomic E-state index is -1.05. The molecule has 0 atom stereocenters. The molecule has 10 heteroatoms. The molecular formula is C8H11N5O5. The van der Waals surface area contributed by atoms with Gasteiger partial charge >= 0.3 is 16.9 Å². The van der Waals surface area contributed by atoms with Crippen LogP contribution in [0.1, 0.15) is 6.42 Å². The minimum Gasteiger partial charge on any atom is -0.297 e. The summed E-state index contributed by atoms with van der Waals surface area (Å²) < 4.78 is 1.52. The molecule has 0 aliphatic rings. The number of nitrogens with one attached hydrogen (secondary N) is 1. The van der Waals surface area contributed by atoms with Crippen LogP contribution < -0.4 is 22.5 Å². The summed E-state index contributed by atoms with van der Waals surface area (Å²) in [5, 5.41) is 10.6. The van der Waals surface area contributed by atoms with Crippen molar-refractivity contribution in [2.24, 2.45) is 12.9 Å². The molecule has 18 heavy (non-hydrogen) atoms. The van der Waals surface area contributed by atoms with Gasteiger partial charge in [-0.3, -0.25) is 34.3 Å². The molecule has 0 fully saturated rings. The van der Waals surface area contributed by atoms with Crippen molar-refractivity contribution in [3.8, 4) is 0 Å². The van der Waals surface area contributed by atoms with E-state index in [-0.39, 0.29) is 13.0 Å². The van der Waals surface area contributed by atoms with E-state index in [1.807, 2.05) is 5.43 Å². The molecule has 0 aromatic carbocycles. The highest BCUT2D eigenvalue weighted by Crippen LogP contribution is 1.99. The van der Waals surface area contributed by atoms with Crippen LogP contribution in [0.2, 0.25) is 0 Å². The Bertz CT molecular complexity index is 601. The summed E-state index contributed by atoms with van der Waals surface area (Å²) in [6.07, 6.45) is 0.608. The Hall–Kier alpha value is -2.49. The molecule has 0 aliphatic carbocycles. The minimum absolute atomic E-state index is 0.229. The lowest BCUT2D eigenvalue weighted by Gasteiger charge is -2.06. The molecule has 1 aromatic heterocycles. The molecule has 0 saturated heterocycles. The zero-order valence-corrected chi connectivity index (χ0v) is 9.45. The maximum absolute atomic E-state index is 11.6. The summed E-state index contributed by atoms with van der Waals surface area (Å²) in [5.74, 6) is 4.25. The Morgan fingerprint density at radius 2 is 2.17 bits per heavy atom. The van der Waals surface area contributed by atoms with E-state index >= 15 is 0 Å². The van der Waals surface area contributed by atoms with Crippen LogP contribution in [0.5, 0.6) is 0 Å². The van der Waals surface area contributed by atoms with Gasteiger partial charge in [0, 0.05) is 20.0 Å². The van der Waals surface area contributed by atoms with Gasteiger partial charge in [0.2, 0.25) is 5.91 Å². The fourth-order valence-electron chi connectivity index (χ4n) is 1.32. The molecule has 0 unspecified atom stereocenters. The third-order valence-electron chi connectivity index (χ3n) is 2.23. The van der Waals surface area contributed by atoms with Gasteiger partial charge in [0.05, 0.1) is 11.1 Å². The zero-order valence-electron chi connectivity index (χ0n) is 9.45. The molecule has 0 radical (unpaired) electrons. The highest BCUT2D eigenvalue weighted by Gasteiger charge is 2.18. The van der Waals surface area contributed by atoms with Gasteiger partial charge in [-0.25, -0.2) is 10.6 Å². The van der Waals surface area contributed by atoms with E-state index in [1.165, 1.54) is 7.05 Å². The summed E-state index contributed by atoms with van der Waals surface area (Å²) in [7, 11) is 1.27. The monoisotopic (exact) mass is 257 g/mol. The van der Waals surface area contributed by atoms with Crippen molar-refractivity contribution in [1.82, 2.24) is 14.6 Å². The molecule has 0 saturated carbocycles. The van der Waals surface area contributed by atoms with Crippen molar-refractivity contribution in [3.63, 3.8) is 0 Å². The second kappa shape index (κ2) is 5.23. The van der Waals surface area contributed by atoms with E-state index in [2.05, 4.69) is 0 Å². The summed E-state index contributed by atoms with van der Waals surface area (Å²) in [4.78, 5) is 43.9.